The molecule has 0 aromatic rings. The highest BCUT2D eigenvalue weighted by atomic mass is 79.9. The van der Waals surface area contributed by atoms with Crippen molar-refractivity contribution < 1.29 is 21.5 Å². The molecule has 0 aromatic heterocycles. The fraction of sp³-hybridized carbons (Fsp3) is 0.714. The van der Waals surface area contributed by atoms with Crippen molar-refractivity contribution in [1.29, 1.82) is 0 Å². The van der Waals surface area contributed by atoms with E-state index in [0.717, 1.165) is 16.1 Å². The Morgan fingerprint density at radius 3 is 1.90 bits per heavy atom. The van der Waals surface area contributed by atoms with Gasteiger partial charge in [-0.15, -0.1) is 0 Å². The molecular weight excluding hydrogens is 213 g/mol. The largest absolute Gasteiger partial charge is 1.00 e. The molecule has 0 saturated heterocycles. The van der Waals surface area contributed by atoms with Gasteiger partial charge in [-0.05, 0) is 13.0 Å². The normalized spacial score (nSPS) is 12.7. The topological polar surface area (TPSA) is 0 Å². The van der Waals surface area contributed by atoms with Gasteiger partial charge < -0.3 is 21.5 Å². The predicted octanol–water partition coefficient (Wildman–Crippen LogP) is -1.16. The van der Waals surface area contributed by atoms with Crippen molar-refractivity contribution in [1.82, 2.24) is 0 Å². The van der Waals surface area contributed by atoms with Crippen molar-refractivity contribution in [3.63, 3.8) is 0 Å². The van der Waals surface area contributed by atoms with Gasteiger partial charge in [0, 0.05) is 5.03 Å². The maximum absolute atomic E-state index is 5.63. The molecule has 0 rings (SSSR count). The molecule has 0 N–H and O–H groups in total. The summed E-state index contributed by atoms with van der Waals surface area (Å²) in [7, 11) is 6.41. The van der Waals surface area contributed by atoms with E-state index >= 15 is 0 Å². The Balaban J connectivity index is 0. The van der Waals surface area contributed by atoms with Crippen LogP contribution in [0, 0.1) is 0 Å². The van der Waals surface area contributed by atoms with Crippen molar-refractivity contribution in [2.24, 2.45) is 0 Å². The summed E-state index contributed by atoms with van der Waals surface area (Å²) >= 11 is 5.63. The SMILES string of the molecule is C/C(Cl)=C/C[N+](C)(C)C.[Br-]. The zero-order valence-corrected chi connectivity index (χ0v) is 9.33. The minimum Gasteiger partial charge on any atom is -1.00 e. The van der Waals surface area contributed by atoms with E-state index in [1.807, 2.05) is 13.0 Å². The number of quaternary nitrogens is 1. The van der Waals surface area contributed by atoms with E-state index in [9.17, 15) is 0 Å². The van der Waals surface area contributed by atoms with Gasteiger partial charge in [0.2, 0.25) is 0 Å². The first-order valence-corrected chi connectivity index (χ1v) is 3.42. The fourth-order valence-corrected chi connectivity index (χ4v) is 0.469. The Hall–Kier alpha value is 0.470. The third kappa shape index (κ3) is 11.3. The van der Waals surface area contributed by atoms with Crippen LogP contribution in [0.25, 0.3) is 0 Å². The number of hydrogen-bond donors (Lipinski definition) is 0. The Morgan fingerprint density at radius 1 is 1.40 bits per heavy atom. The van der Waals surface area contributed by atoms with Crippen molar-refractivity contribution in [2.45, 2.75) is 6.92 Å². The molecule has 0 saturated carbocycles. The Morgan fingerprint density at radius 2 is 1.80 bits per heavy atom. The van der Waals surface area contributed by atoms with Gasteiger partial charge in [-0.2, -0.15) is 0 Å². The zero-order chi connectivity index (χ0) is 7.49. The summed E-state index contributed by atoms with van der Waals surface area (Å²) in [6.07, 6.45) is 2.03. The first kappa shape index (κ1) is 13.1. The van der Waals surface area contributed by atoms with Crippen LogP contribution in [0.2, 0.25) is 0 Å². The van der Waals surface area contributed by atoms with Gasteiger partial charge in [-0.25, -0.2) is 0 Å². The molecule has 0 unspecified atom stereocenters. The summed E-state index contributed by atoms with van der Waals surface area (Å²) in [5, 5.41) is 0.878. The lowest BCUT2D eigenvalue weighted by molar-refractivity contribution is -0.864. The number of allylic oxidation sites excluding steroid dienone is 1. The van der Waals surface area contributed by atoms with Crippen LogP contribution in [0.4, 0.5) is 0 Å². The minimum atomic E-state index is 0. The molecule has 3 heteroatoms. The summed E-state index contributed by atoms with van der Waals surface area (Å²) in [5.74, 6) is 0. The fourth-order valence-electron chi connectivity index (χ4n) is 0.400. The maximum atomic E-state index is 5.63. The molecule has 62 valence electrons. The molecule has 1 nitrogen and oxygen atoms in total. The van der Waals surface area contributed by atoms with Gasteiger partial charge in [-0.3, -0.25) is 0 Å². The van der Waals surface area contributed by atoms with Crippen molar-refractivity contribution >= 4 is 11.6 Å². The van der Waals surface area contributed by atoms with E-state index in [0.29, 0.717) is 0 Å². The van der Waals surface area contributed by atoms with Gasteiger partial charge in [0.1, 0.15) is 0 Å². The number of rotatable bonds is 2. The van der Waals surface area contributed by atoms with Gasteiger partial charge in [-0.1, -0.05) is 11.6 Å². The molecule has 0 aromatic carbocycles. The maximum Gasteiger partial charge on any atom is 0.0981 e. The molecular formula is C7H15BrClN. The first-order valence-electron chi connectivity index (χ1n) is 3.04. The lowest BCUT2D eigenvalue weighted by Crippen LogP contribution is -3.00. The summed E-state index contributed by atoms with van der Waals surface area (Å²) < 4.78 is 0.935. The first-order chi connectivity index (χ1) is 3.92. The van der Waals surface area contributed by atoms with Crippen LogP contribution in [0.5, 0.6) is 0 Å². The van der Waals surface area contributed by atoms with Crippen LogP contribution in [0.1, 0.15) is 6.92 Å². The van der Waals surface area contributed by atoms with Crippen molar-refractivity contribution in [2.75, 3.05) is 27.7 Å². The second-order valence-corrected chi connectivity index (χ2v) is 3.86. The van der Waals surface area contributed by atoms with Crippen LogP contribution in [-0.2, 0) is 0 Å². The average Bonchev–Trinajstić information content (AvgIpc) is 1.59. The van der Waals surface area contributed by atoms with E-state index < -0.39 is 0 Å². The highest BCUT2D eigenvalue weighted by Crippen LogP contribution is 1.99. The molecule has 0 bridgehead atoms. The number of nitrogens with zero attached hydrogens (tertiary/aromatic N) is 1. The smallest absolute Gasteiger partial charge is 0.0981 e. The highest BCUT2D eigenvalue weighted by Gasteiger charge is 2.01. The molecule has 0 spiro atoms. The summed E-state index contributed by atoms with van der Waals surface area (Å²) in [6, 6.07) is 0. The molecule has 0 amide bonds. The Bertz CT molecular complexity index is 111. The molecule has 0 aliphatic heterocycles. The highest BCUT2D eigenvalue weighted by molar-refractivity contribution is 6.29. The van der Waals surface area contributed by atoms with Crippen LogP contribution in [0.15, 0.2) is 11.1 Å². The predicted molar refractivity (Wildman–Crippen MR) is 42.5 cm³/mol. The van der Waals surface area contributed by atoms with E-state index in [1.54, 1.807) is 0 Å². The lowest BCUT2D eigenvalue weighted by atomic mass is 10.4. The second kappa shape index (κ2) is 5.16. The van der Waals surface area contributed by atoms with E-state index in [-0.39, 0.29) is 17.0 Å². The number of likely N-dealkylation sites (N-methyl/N-ethyl adjacent to an activating group) is 1. The molecule has 10 heavy (non-hydrogen) atoms. The standard InChI is InChI=1S/C7H15ClN.BrH/c1-7(8)5-6-9(2,3)4;/h5H,6H2,1-4H3;1H/q+1;/p-1/b7-5-;. The summed E-state index contributed by atoms with van der Waals surface area (Å²) in [4.78, 5) is 0. The molecule has 0 aliphatic carbocycles. The van der Waals surface area contributed by atoms with Gasteiger partial charge in [0.25, 0.3) is 0 Å². The van der Waals surface area contributed by atoms with E-state index in [1.165, 1.54) is 0 Å². The Kier molecular flexibility index (Phi) is 6.76. The number of hydrogen-bond acceptors (Lipinski definition) is 0. The molecule has 0 aliphatic rings. The second-order valence-electron chi connectivity index (χ2n) is 3.26. The average molecular weight is 229 g/mol. The molecule has 0 radical (unpaired) electrons. The molecule has 0 heterocycles. The number of halogens is 2. The monoisotopic (exact) mass is 227 g/mol. The van der Waals surface area contributed by atoms with Crippen LogP contribution in [-0.4, -0.2) is 32.2 Å². The Labute approximate surface area is 79.0 Å². The third-order valence-corrected chi connectivity index (χ3v) is 1.07. The van der Waals surface area contributed by atoms with E-state index in [4.69, 9.17) is 11.6 Å². The van der Waals surface area contributed by atoms with Gasteiger partial charge in [0.05, 0.1) is 27.7 Å². The van der Waals surface area contributed by atoms with E-state index in [2.05, 4.69) is 21.1 Å². The zero-order valence-electron chi connectivity index (χ0n) is 6.99. The van der Waals surface area contributed by atoms with Crippen LogP contribution < -0.4 is 17.0 Å². The van der Waals surface area contributed by atoms with Gasteiger partial charge >= 0.3 is 0 Å². The quantitative estimate of drug-likeness (QED) is 0.523. The lowest BCUT2D eigenvalue weighted by Gasteiger charge is -2.21. The molecule has 0 fully saturated rings. The van der Waals surface area contributed by atoms with Crippen LogP contribution >= 0.6 is 11.6 Å². The van der Waals surface area contributed by atoms with Gasteiger partial charge in [0.15, 0.2) is 0 Å². The minimum absolute atomic E-state index is 0. The van der Waals surface area contributed by atoms with Crippen LogP contribution in [0.3, 0.4) is 0 Å². The third-order valence-electron chi connectivity index (χ3n) is 0.920. The molecule has 0 atom stereocenters. The summed E-state index contributed by atoms with van der Waals surface area (Å²) in [5.41, 5.74) is 0. The van der Waals surface area contributed by atoms with Crippen molar-refractivity contribution in [3.8, 4) is 0 Å². The summed E-state index contributed by atoms with van der Waals surface area (Å²) in [6.45, 7) is 2.90. The van der Waals surface area contributed by atoms with Crippen molar-refractivity contribution in [3.05, 3.63) is 11.1 Å².